The monoisotopic (exact) mass is 296 g/mol. The number of hydrogen-bond donors (Lipinski definition) is 2. The fraction of sp³-hybridized carbons (Fsp3) is 0.500. The minimum Gasteiger partial charge on any atom is -0.334 e. The van der Waals surface area contributed by atoms with E-state index in [1.54, 1.807) is 35.2 Å². The van der Waals surface area contributed by atoms with Gasteiger partial charge in [0.2, 0.25) is 0 Å². The maximum Gasteiger partial charge on any atom is 0.276 e. The Labute approximate surface area is 120 Å². The normalized spacial score (nSPS) is 19.6. The number of sulfonamides is 1. The molecule has 0 aliphatic carbocycles. The van der Waals surface area contributed by atoms with Crippen molar-refractivity contribution in [1.29, 1.82) is 0 Å². The van der Waals surface area contributed by atoms with E-state index >= 15 is 0 Å². The van der Waals surface area contributed by atoms with E-state index in [4.69, 9.17) is 0 Å². The molecule has 2 rings (SSSR count). The third-order valence-corrected chi connectivity index (χ3v) is 4.74. The highest BCUT2D eigenvalue weighted by Gasteiger charge is 2.18. The van der Waals surface area contributed by atoms with Crippen molar-refractivity contribution in [2.75, 3.05) is 19.6 Å². The number of likely N-dealkylation sites (tertiary alicyclic amines) is 1. The average Bonchev–Trinajstić information content (AvgIpc) is 2.48. The number of benzene rings is 1. The van der Waals surface area contributed by atoms with Gasteiger partial charge in [-0.25, -0.2) is 4.83 Å². The van der Waals surface area contributed by atoms with Crippen LogP contribution in [0.3, 0.4) is 0 Å². The Kier molecular flexibility index (Phi) is 5.14. The Bertz CT molecular complexity index is 545. The number of nitrogens with zero attached hydrogens (tertiary/aromatic N) is 1. The minimum atomic E-state index is -3.53. The molecule has 5 nitrogen and oxygen atoms in total. The van der Waals surface area contributed by atoms with Gasteiger partial charge in [-0.2, -0.15) is 13.5 Å². The van der Waals surface area contributed by atoms with Crippen molar-refractivity contribution < 1.29 is 13.3 Å². The van der Waals surface area contributed by atoms with Gasteiger partial charge in [0.1, 0.15) is 0 Å². The minimum absolute atomic E-state index is 0.249. The lowest BCUT2D eigenvalue weighted by Gasteiger charge is -2.24. The van der Waals surface area contributed by atoms with Crippen LogP contribution in [0, 0.1) is 0 Å². The lowest BCUT2D eigenvalue weighted by molar-refractivity contribution is -0.901. The number of hydrogen-bond acceptors (Lipinski definition) is 3. The first-order chi connectivity index (χ1) is 9.62. The van der Waals surface area contributed by atoms with E-state index in [1.807, 2.05) is 0 Å². The summed E-state index contributed by atoms with van der Waals surface area (Å²) < 4.78 is 24.0. The summed E-state index contributed by atoms with van der Waals surface area (Å²) in [6.45, 7) is 5.45. The molecule has 1 heterocycles. The lowest BCUT2D eigenvalue weighted by atomic mass is 10.1. The molecule has 1 aliphatic heterocycles. The SMILES string of the molecule is CCC[NH+]1CCC(=NNS(=O)(=O)c2ccccc2)CC1. The van der Waals surface area contributed by atoms with Gasteiger partial charge in [-0.1, -0.05) is 25.1 Å². The summed E-state index contributed by atoms with van der Waals surface area (Å²) in [7, 11) is -3.53. The standard InChI is InChI=1S/C14H21N3O2S/c1-2-10-17-11-8-13(9-12-17)15-16-20(18,19)14-6-4-3-5-7-14/h3-7,16H,2,8-12H2,1H3/p+1. The fourth-order valence-electron chi connectivity index (χ4n) is 2.38. The number of piperidine rings is 1. The van der Waals surface area contributed by atoms with Gasteiger partial charge >= 0.3 is 0 Å². The number of quaternary nitrogens is 1. The van der Waals surface area contributed by atoms with Crippen molar-refractivity contribution >= 4 is 15.7 Å². The molecule has 1 aliphatic rings. The van der Waals surface area contributed by atoms with Gasteiger partial charge < -0.3 is 4.90 Å². The van der Waals surface area contributed by atoms with Gasteiger partial charge in [-0.15, -0.1) is 0 Å². The van der Waals surface area contributed by atoms with Crippen molar-refractivity contribution in [2.45, 2.75) is 31.1 Å². The molecule has 1 aromatic carbocycles. The molecule has 1 fully saturated rings. The Hall–Kier alpha value is -1.40. The van der Waals surface area contributed by atoms with Crippen molar-refractivity contribution in [3.8, 4) is 0 Å². The lowest BCUT2D eigenvalue weighted by Crippen LogP contribution is -3.13. The van der Waals surface area contributed by atoms with Gasteiger partial charge in [0.15, 0.2) is 0 Å². The molecule has 1 aromatic rings. The van der Waals surface area contributed by atoms with Crippen LogP contribution >= 0.6 is 0 Å². The zero-order valence-corrected chi connectivity index (χ0v) is 12.6. The van der Waals surface area contributed by atoms with Crippen LogP contribution < -0.4 is 9.73 Å². The molecular formula is C14H22N3O2S+. The second-order valence-electron chi connectivity index (χ2n) is 5.09. The van der Waals surface area contributed by atoms with Crippen molar-refractivity contribution in [3.05, 3.63) is 30.3 Å². The molecule has 0 amide bonds. The number of hydrazone groups is 1. The van der Waals surface area contributed by atoms with E-state index < -0.39 is 10.0 Å². The molecule has 0 bridgehead atoms. The highest BCUT2D eigenvalue weighted by atomic mass is 32.2. The molecule has 1 saturated heterocycles. The summed E-state index contributed by atoms with van der Waals surface area (Å²) in [6.07, 6.45) is 2.92. The van der Waals surface area contributed by atoms with Crippen LogP contribution in [-0.2, 0) is 10.0 Å². The highest BCUT2D eigenvalue weighted by molar-refractivity contribution is 7.89. The second-order valence-corrected chi connectivity index (χ2v) is 6.75. The van der Waals surface area contributed by atoms with E-state index in [1.165, 1.54) is 13.0 Å². The van der Waals surface area contributed by atoms with Gasteiger partial charge in [0.05, 0.1) is 30.2 Å². The maximum absolute atomic E-state index is 12.0. The molecule has 2 N–H and O–H groups in total. The Balaban J connectivity index is 1.94. The second kappa shape index (κ2) is 6.85. The number of rotatable bonds is 5. The summed E-state index contributed by atoms with van der Waals surface area (Å²) in [5, 5.41) is 4.09. The molecule has 0 aromatic heterocycles. The van der Waals surface area contributed by atoms with E-state index in [9.17, 15) is 8.42 Å². The summed E-state index contributed by atoms with van der Waals surface area (Å²) in [5.41, 5.74) is 0.948. The van der Waals surface area contributed by atoms with E-state index in [-0.39, 0.29) is 4.90 Å². The van der Waals surface area contributed by atoms with Crippen molar-refractivity contribution in [3.63, 3.8) is 0 Å². The van der Waals surface area contributed by atoms with E-state index in [0.29, 0.717) is 0 Å². The van der Waals surface area contributed by atoms with Crippen LogP contribution in [0.4, 0.5) is 0 Å². The highest BCUT2D eigenvalue weighted by Crippen LogP contribution is 2.07. The fourth-order valence-corrected chi connectivity index (χ4v) is 3.25. The van der Waals surface area contributed by atoms with Crippen LogP contribution in [0.1, 0.15) is 26.2 Å². The molecule has 0 atom stereocenters. The molecule has 0 saturated carbocycles. The summed E-state index contributed by atoms with van der Waals surface area (Å²) in [5.74, 6) is 0. The van der Waals surface area contributed by atoms with E-state index in [2.05, 4.69) is 16.9 Å². The summed E-state index contributed by atoms with van der Waals surface area (Å²) >= 11 is 0. The smallest absolute Gasteiger partial charge is 0.276 e. The predicted molar refractivity (Wildman–Crippen MR) is 79.3 cm³/mol. The predicted octanol–water partition coefficient (Wildman–Crippen LogP) is 0.410. The van der Waals surface area contributed by atoms with Crippen molar-refractivity contribution in [2.24, 2.45) is 5.10 Å². The first-order valence-corrected chi connectivity index (χ1v) is 8.56. The van der Waals surface area contributed by atoms with Crippen LogP contribution in [0.2, 0.25) is 0 Å². The molecule has 0 unspecified atom stereocenters. The molecule has 0 radical (unpaired) electrons. The Morgan fingerprint density at radius 2 is 1.85 bits per heavy atom. The summed E-state index contributed by atoms with van der Waals surface area (Å²) in [4.78, 5) is 4.17. The van der Waals surface area contributed by atoms with Gasteiger partial charge in [-0.3, -0.25) is 0 Å². The Morgan fingerprint density at radius 3 is 2.45 bits per heavy atom. The van der Waals surface area contributed by atoms with Gasteiger partial charge in [-0.05, 0) is 18.6 Å². The summed E-state index contributed by atoms with van der Waals surface area (Å²) in [6, 6.07) is 8.33. The van der Waals surface area contributed by atoms with Gasteiger partial charge in [0, 0.05) is 12.8 Å². The van der Waals surface area contributed by atoms with Gasteiger partial charge in [0.25, 0.3) is 10.0 Å². The number of nitrogens with one attached hydrogen (secondary N) is 2. The molecule has 20 heavy (non-hydrogen) atoms. The van der Waals surface area contributed by atoms with Crippen molar-refractivity contribution in [1.82, 2.24) is 4.83 Å². The zero-order valence-electron chi connectivity index (χ0n) is 11.8. The first-order valence-electron chi connectivity index (χ1n) is 7.07. The quantitative estimate of drug-likeness (QED) is 0.773. The van der Waals surface area contributed by atoms with Crippen LogP contribution in [0.5, 0.6) is 0 Å². The zero-order chi connectivity index (χ0) is 14.4. The van der Waals surface area contributed by atoms with Crippen LogP contribution in [0.15, 0.2) is 40.3 Å². The maximum atomic E-state index is 12.0. The van der Waals surface area contributed by atoms with E-state index in [0.717, 1.165) is 31.6 Å². The van der Waals surface area contributed by atoms with Crippen LogP contribution in [0.25, 0.3) is 0 Å². The van der Waals surface area contributed by atoms with Crippen LogP contribution in [-0.4, -0.2) is 33.8 Å². The largest absolute Gasteiger partial charge is 0.334 e. The third kappa shape index (κ3) is 4.05. The first kappa shape index (κ1) is 15.0. The molecular weight excluding hydrogens is 274 g/mol. The molecule has 0 spiro atoms. The average molecular weight is 296 g/mol. The third-order valence-electron chi connectivity index (χ3n) is 3.52. The Morgan fingerprint density at radius 1 is 1.20 bits per heavy atom. The molecule has 110 valence electrons. The topological polar surface area (TPSA) is 63.0 Å². The molecule has 6 heteroatoms.